The second-order valence-corrected chi connectivity index (χ2v) is 22.5. The molecule has 0 aromatic heterocycles. The maximum Gasteiger partial charge on any atom is 0.200 e. The van der Waals surface area contributed by atoms with Gasteiger partial charge in [-0.05, 0) is 173 Å². The van der Waals surface area contributed by atoms with E-state index in [0.29, 0.717) is 60.4 Å². The molecule has 0 radical (unpaired) electrons. The number of hydrogen-bond acceptors (Lipinski definition) is 8. The summed E-state index contributed by atoms with van der Waals surface area (Å²) >= 11 is 0. The van der Waals surface area contributed by atoms with E-state index in [-0.39, 0.29) is 33.8 Å². The molecular formula is C64H90N2O6. The summed E-state index contributed by atoms with van der Waals surface area (Å²) in [5.41, 5.74) is 7.67. The third-order valence-corrected chi connectivity index (χ3v) is 16.5. The van der Waals surface area contributed by atoms with Crippen LogP contribution < -0.4 is 20.1 Å². The van der Waals surface area contributed by atoms with Crippen LogP contribution in [0.4, 0.5) is 22.7 Å². The predicted molar refractivity (Wildman–Crippen MR) is 298 cm³/mol. The second-order valence-electron chi connectivity index (χ2n) is 22.5. The highest BCUT2D eigenvalue weighted by atomic mass is 16.5. The molecule has 0 unspecified atom stereocenters. The zero-order chi connectivity index (χ0) is 51.3. The Morgan fingerprint density at radius 2 is 0.764 bits per heavy atom. The van der Waals surface area contributed by atoms with Crippen LogP contribution in [-0.2, 0) is 12.8 Å². The van der Waals surface area contributed by atoms with Crippen LogP contribution in [0.2, 0.25) is 0 Å². The number of ether oxygens (including phenoxy) is 2. The van der Waals surface area contributed by atoms with Gasteiger partial charge in [-0.2, -0.15) is 0 Å². The first-order valence-corrected chi connectivity index (χ1v) is 28.7. The molecule has 0 spiro atoms. The number of benzene rings is 4. The number of ketones is 2. The number of carbonyl (C=O) groups excluding carboxylic acids is 2. The van der Waals surface area contributed by atoms with Crippen molar-refractivity contribution in [3.63, 3.8) is 0 Å². The number of rotatable bonds is 26. The van der Waals surface area contributed by atoms with E-state index in [2.05, 4.69) is 66.0 Å². The molecule has 8 heteroatoms. The number of aryl methyl sites for hydroxylation is 6. The fourth-order valence-electron chi connectivity index (χ4n) is 12.3. The first-order chi connectivity index (χ1) is 34.8. The Labute approximate surface area is 433 Å². The van der Waals surface area contributed by atoms with Crippen LogP contribution >= 0.6 is 0 Å². The molecule has 392 valence electrons. The maximum atomic E-state index is 15.3. The molecule has 0 aliphatic heterocycles. The molecule has 8 nitrogen and oxygen atoms in total. The van der Waals surface area contributed by atoms with Crippen molar-refractivity contribution < 1.29 is 29.3 Å². The minimum atomic E-state index is -0.491. The van der Waals surface area contributed by atoms with Crippen molar-refractivity contribution in [3.8, 4) is 23.0 Å². The van der Waals surface area contributed by atoms with Gasteiger partial charge < -0.3 is 30.3 Å². The number of aromatic hydroxyl groups is 2. The van der Waals surface area contributed by atoms with Gasteiger partial charge in [0.2, 0.25) is 11.6 Å². The number of phenols is 2. The highest BCUT2D eigenvalue weighted by Crippen LogP contribution is 2.48. The molecule has 0 atom stereocenters. The summed E-state index contributed by atoms with van der Waals surface area (Å²) in [6.45, 7) is 18.5. The Morgan fingerprint density at radius 3 is 1.10 bits per heavy atom. The topological polar surface area (TPSA) is 117 Å². The summed E-state index contributed by atoms with van der Waals surface area (Å²) in [5.74, 6) is 3.28. The number of hydrogen-bond donors (Lipinski definition) is 4. The lowest BCUT2D eigenvalue weighted by Crippen LogP contribution is -2.25. The molecule has 72 heavy (non-hydrogen) atoms. The maximum absolute atomic E-state index is 15.3. The number of carbonyl (C=O) groups is 2. The van der Waals surface area contributed by atoms with E-state index in [1.54, 1.807) is 0 Å². The van der Waals surface area contributed by atoms with E-state index in [1.807, 2.05) is 36.4 Å². The van der Waals surface area contributed by atoms with Crippen molar-refractivity contribution >= 4 is 34.3 Å². The Hall–Kier alpha value is -4.98. The van der Waals surface area contributed by atoms with Gasteiger partial charge in [-0.25, -0.2) is 0 Å². The summed E-state index contributed by atoms with van der Waals surface area (Å²) in [6, 6.07) is 11.8. The second kappa shape index (κ2) is 26.3. The summed E-state index contributed by atoms with van der Waals surface area (Å²) in [4.78, 5) is 30.6. The average molecular weight is 983 g/mol. The number of fused-ring (bicyclic) bond motifs is 2. The molecule has 0 heterocycles. The van der Waals surface area contributed by atoms with Gasteiger partial charge >= 0.3 is 0 Å². The highest BCUT2D eigenvalue weighted by Gasteiger charge is 2.40. The van der Waals surface area contributed by atoms with Crippen LogP contribution in [-0.4, -0.2) is 35.0 Å². The first kappa shape index (κ1) is 54.8. The quantitative estimate of drug-likeness (QED) is 0.0320. The van der Waals surface area contributed by atoms with Crippen LogP contribution in [0.25, 0.3) is 0 Å². The van der Waals surface area contributed by atoms with E-state index >= 15 is 9.59 Å². The Balaban J connectivity index is 1.17. The van der Waals surface area contributed by atoms with Crippen LogP contribution in [0.5, 0.6) is 23.0 Å². The first-order valence-electron chi connectivity index (χ1n) is 28.7. The lowest BCUT2D eigenvalue weighted by molar-refractivity contribution is 0.0975. The molecule has 3 aliphatic rings. The van der Waals surface area contributed by atoms with Crippen LogP contribution in [0, 0.1) is 51.4 Å². The third-order valence-electron chi connectivity index (χ3n) is 16.5. The molecule has 4 aromatic carbocycles. The summed E-state index contributed by atoms with van der Waals surface area (Å²) < 4.78 is 13.2. The van der Waals surface area contributed by atoms with Crippen molar-refractivity contribution in [2.45, 2.75) is 209 Å². The molecule has 4 aromatic rings. The van der Waals surface area contributed by atoms with Crippen molar-refractivity contribution in [3.05, 3.63) is 92.0 Å². The number of anilines is 4. The molecule has 4 N–H and O–H groups in total. The summed E-state index contributed by atoms with van der Waals surface area (Å²) in [5, 5.41) is 31.4. The minimum Gasteiger partial charge on any atom is -0.507 e. The number of unbranched alkanes of at least 4 members (excludes halogenated alkanes) is 8. The number of nitrogens with one attached hydrogen (secondary N) is 2. The van der Waals surface area contributed by atoms with Crippen LogP contribution in [0.15, 0.2) is 36.4 Å². The van der Waals surface area contributed by atoms with Crippen LogP contribution in [0.3, 0.4) is 0 Å². The monoisotopic (exact) mass is 983 g/mol. The lowest BCUT2D eigenvalue weighted by Gasteiger charge is -2.29. The SMILES string of the molecule is CCCCCc1cc(Nc2cc(C)c(OCC3CCC(CCCCC)CC3)c(C)c2)c2c(c1O)C(=O)c1c(Nc3cc(C)c(OCC4CCC(CCCCC)CC4)c(C)c3)cc(CCCCC)c(O)c1C2=O. The summed E-state index contributed by atoms with van der Waals surface area (Å²) in [7, 11) is 0. The molecule has 0 bridgehead atoms. The fraction of sp³-hybridized carbons (Fsp3) is 0.594. The molecular weight excluding hydrogens is 893 g/mol. The van der Waals surface area contributed by atoms with Gasteiger partial charge in [-0.3, -0.25) is 9.59 Å². The predicted octanol–water partition coefficient (Wildman–Crippen LogP) is 17.6. The Bertz CT molecular complexity index is 2260. The molecule has 3 aliphatic carbocycles. The molecule has 0 amide bonds. The van der Waals surface area contributed by atoms with Crippen molar-refractivity contribution in [2.24, 2.45) is 23.7 Å². The largest absolute Gasteiger partial charge is 0.507 e. The van der Waals surface area contributed by atoms with Crippen molar-refractivity contribution in [2.75, 3.05) is 23.8 Å². The third kappa shape index (κ3) is 13.4. The highest BCUT2D eigenvalue weighted by molar-refractivity contribution is 6.34. The zero-order valence-corrected chi connectivity index (χ0v) is 45.7. The van der Waals surface area contributed by atoms with Gasteiger partial charge in [0.25, 0.3) is 0 Å². The van der Waals surface area contributed by atoms with E-state index in [4.69, 9.17) is 9.47 Å². The van der Waals surface area contributed by atoms with Gasteiger partial charge in [0, 0.05) is 11.4 Å². The Morgan fingerprint density at radius 1 is 0.444 bits per heavy atom. The minimum absolute atomic E-state index is 0.0234. The normalized spacial score (nSPS) is 18.7. The van der Waals surface area contributed by atoms with Crippen LogP contribution in [0.1, 0.15) is 234 Å². The van der Waals surface area contributed by atoms with E-state index in [9.17, 15) is 10.2 Å². The van der Waals surface area contributed by atoms with E-state index < -0.39 is 11.6 Å². The van der Waals surface area contributed by atoms with Gasteiger partial charge in [-0.1, -0.05) is 130 Å². The lowest BCUT2D eigenvalue weighted by atomic mass is 9.78. The average Bonchev–Trinajstić information content (AvgIpc) is 3.35. The smallest absolute Gasteiger partial charge is 0.200 e. The molecule has 0 saturated heterocycles. The number of phenolic OH excluding ortho intramolecular Hbond substituents is 2. The van der Waals surface area contributed by atoms with Gasteiger partial charge in [0.15, 0.2) is 0 Å². The molecule has 2 saturated carbocycles. The van der Waals surface area contributed by atoms with E-state index in [0.717, 1.165) is 95.5 Å². The van der Waals surface area contributed by atoms with Gasteiger partial charge in [0.1, 0.15) is 23.0 Å². The standard InChI is InChI=1S/C64H90N2O6/c1-9-13-17-21-45-25-29-47(30-26-45)39-71-63-41(5)33-51(34-42(63)6)65-53-37-49(23-19-15-11-3)59(67)57-55(53)61(69)58-56(62(57)70)54(38-50(60(58)68)24-20-16-12-4)66-52-35-43(7)64(44(8)36-52)72-40-48-31-27-46(28-32-48)22-18-14-10-2/h33-38,45-48,65-68H,9-32,39-40H2,1-8H3. The molecule has 2 fully saturated rings. The Kier molecular flexibility index (Phi) is 20.0. The zero-order valence-electron chi connectivity index (χ0n) is 45.7. The fourth-order valence-corrected chi connectivity index (χ4v) is 12.3. The van der Waals surface area contributed by atoms with Crippen molar-refractivity contribution in [1.82, 2.24) is 0 Å². The van der Waals surface area contributed by atoms with Gasteiger partial charge in [0.05, 0.1) is 46.8 Å². The van der Waals surface area contributed by atoms with E-state index in [1.165, 1.54) is 103 Å². The van der Waals surface area contributed by atoms with Crippen molar-refractivity contribution in [1.29, 1.82) is 0 Å². The van der Waals surface area contributed by atoms with Gasteiger partial charge in [-0.15, -0.1) is 0 Å². The summed E-state index contributed by atoms with van der Waals surface area (Å²) in [6.07, 6.45) is 27.3. The molecule has 7 rings (SSSR count).